The number of aromatic nitrogens is 6. The maximum absolute atomic E-state index is 13.7. The molecule has 5 heterocycles. The molecule has 5 aromatic rings. The molecule has 286 valence electrons. The summed E-state index contributed by atoms with van der Waals surface area (Å²) < 4.78 is 17.5. The predicted molar refractivity (Wildman–Crippen MR) is 205 cm³/mol. The molecule has 54 heavy (non-hydrogen) atoms. The van der Waals surface area contributed by atoms with E-state index in [4.69, 9.17) is 31.7 Å². The molecule has 2 aliphatic rings. The van der Waals surface area contributed by atoms with Crippen molar-refractivity contribution >= 4 is 57.4 Å². The number of nitrogens with one attached hydrogen (secondary N) is 1. The highest BCUT2D eigenvalue weighted by molar-refractivity contribution is 6.04. The second kappa shape index (κ2) is 15.4. The van der Waals surface area contributed by atoms with Crippen LogP contribution in [0.4, 0.5) is 17.6 Å². The fourth-order valence-electron chi connectivity index (χ4n) is 7.61. The third kappa shape index (κ3) is 7.28. The van der Waals surface area contributed by atoms with E-state index in [-0.39, 0.29) is 17.5 Å². The van der Waals surface area contributed by atoms with Crippen LogP contribution in [-0.2, 0) is 17.8 Å². The average molecular weight is 741 g/mol. The summed E-state index contributed by atoms with van der Waals surface area (Å²) in [6.45, 7) is 9.90. The molecule has 0 spiro atoms. The van der Waals surface area contributed by atoms with Crippen LogP contribution in [0.15, 0.2) is 30.3 Å². The molecule has 0 bridgehead atoms. The Morgan fingerprint density at radius 3 is 2.39 bits per heavy atom. The largest absolute Gasteiger partial charge is 0.491 e. The van der Waals surface area contributed by atoms with Crippen LogP contribution in [-0.4, -0.2) is 105 Å². The molecule has 0 unspecified atom stereocenters. The van der Waals surface area contributed by atoms with E-state index in [2.05, 4.69) is 29.8 Å². The molecule has 1 saturated heterocycles. The third-order valence-corrected chi connectivity index (χ3v) is 10.3. The number of nitrogens with two attached hydrogens (primary N) is 3. The second-order valence-electron chi connectivity index (χ2n) is 14.0. The van der Waals surface area contributed by atoms with Gasteiger partial charge in [0, 0.05) is 63.5 Å². The summed E-state index contributed by atoms with van der Waals surface area (Å²) in [7, 11) is 1.98. The van der Waals surface area contributed by atoms with Crippen LogP contribution < -0.4 is 32.2 Å². The molecule has 0 saturated carbocycles. The number of carbonyl (C=O) groups excluding carboxylic acids is 3. The molecule has 2 aliphatic heterocycles. The highest BCUT2D eigenvalue weighted by Crippen LogP contribution is 2.39. The molecule has 1 atom stereocenters. The molecule has 2 aromatic carbocycles. The number of ether oxygens (including phenoxy) is 2. The van der Waals surface area contributed by atoms with Crippen molar-refractivity contribution in [3.05, 3.63) is 52.8 Å². The van der Waals surface area contributed by atoms with Crippen molar-refractivity contribution in [2.75, 3.05) is 69.0 Å². The first kappa shape index (κ1) is 36.7. The van der Waals surface area contributed by atoms with Gasteiger partial charge in [-0.2, -0.15) is 5.10 Å². The van der Waals surface area contributed by atoms with Crippen molar-refractivity contribution in [3.63, 3.8) is 0 Å². The summed E-state index contributed by atoms with van der Waals surface area (Å²) >= 11 is 0. The zero-order valence-electron chi connectivity index (χ0n) is 31.0. The number of hydrogen-bond donors (Lipinski definition) is 4. The maximum atomic E-state index is 13.7. The number of amides is 3. The van der Waals surface area contributed by atoms with Gasteiger partial charge < -0.3 is 40.7 Å². The monoisotopic (exact) mass is 740 g/mol. The van der Waals surface area contributed by atoms with E-state index in [1.54, 1.807) is 35.0 Å². The lowest BCUT2D eigenvalue weighted by Gasteiger charge is -2.26. The second-order valence-corrected chi connectivity index (χ2v) is 14.0. The van der Waals surface area contributed by atoms with E-state index in [1.165, 1.54) is 0 Å². The Labute approximate surface area is 312 Å². The van der Waals surface area contributed by atoms with Crippen LogP contribution in [0.25, 0.3) is 22.1 Å². The number of carbonyl (C=O) groups is 3. The van der Waals surface area contributed by atoms with Crippen LogP contribution in [0.5, 0.6) is 5.75 Å². The number of rotatable bonds is 14. The Balaban J connectivity index is 1.21. The van der Waals surface area contributed by atoms with E-state index >= 15 is 0 Å². The number of imidazole rings is 2. The average Bonchev–Trinajstić information content (AvgIpc) is 3.79. The molecular weight excluding hydrogens is 692 g/mol. The molecule has 7 rings (SSSR count). The van der Waals surface area contributed by atoms with E-state index in [9.17, 15) is 14.4 Å². The van der Waals surface area contributed by atoms with Crippen LogP contribution in [0.3, 0.4) is 0 Å². The van der Waals surface area contributed by atoms with E-state index in [0.29, 0.717) is 91.2 Å². The Kier molecular flexibility index (Phi) is 10.4. The van der Waals surface area contributed by atoms with Crippen LogP contribution in [0.1, 0.15) is 75.5 Å². The lowest BCUT2D eigenvalue weighted by atomic mass is 10.1. The number of primary amides is 2. The summed E-state index contributed by atoms with van der Waals surface area (Å²) in [6.07, 6.45) is 2.92. The number of nitrogen functional groups attached to an aromatic ring is 1. The van der Waals surface area contributed by atoms with Gasteiger partial charge in [-0.25, -0.2) is 9.97 Å². The number of hydrogen-bond acceptors (Lipinski definition) is 11. The Hall–Kier alpha value is -5.68. The minimum Gasteiger partial charge on any atom is -0.491 e. The zero-order valence-corrected chi connectivity index (χ0v) is 31.0. The first-order chi connectivity index (χ1) is 26.0. The summed E-state index contributed by atoms with van der Waals surface area (Å²) in [5, 5.41) is 7.47. The van der Waals surface area contributed by atoms with Gasteiger partial charge in [-0.1, -0.05) is 0 Å². The highest BCUT2D eigenvalue weighted by Gasteiger charge is 2.28. The smallest absolute Gasteiger partial charge is 0.276 e. The molecule has 17 nitrogen and oxygen atoms in total. The van der Waals surface area contributed by atoms with Crippen molar-refractivity contribution in [3.8, 4) is 5.75 Å². The fraction of sp³-hybridized carbons (Fsp3) is 0.459. The van der Waals surface area contributed by atoms with Gasteiger partial charge in [0.2, 0.25) is 23.7 Å². The Bertz CT molecular complexity index is 2220. The number of fused-ring (bicyclic) bond motifs is 1. The number of anilines is 3. The topological polar surface area (TPSA) is 220 Å². The first-order valence-corrected chi connectivity index (χ1v) is 18.5. The Morgan fingerprint density at radius 2 is 1.67 bits per heavy atom. The summed E-state index contributed by atoms with van der Waals surface area (Å²) in [4.78, 5) is 52.2. The SMILES string of the molecule is CCn1nc(C)cc1C(=O)Nc1nc2cc(C(N)=O)cc(OCCCN3CCOCC3)c2n1CCC[C@H]1CCN(C)c2cc(C(N)=O)cc3nc(N)n1c23. The fourth-order valence-corrected chi connectivity index (χ4v) is 7.61. The van der Waals surface area contributed by atoms with E-state index in [1.807, 2.05) is 25.5 Å². The normalized spacial score (nSPS) is 16.2. The van der Waals surface area contributed by atoms with E-state index in [0.717, 1.165) is 55.9 Å². The summed E-state index contributed by atoms with van der Waals surface area (Å²) in [6, 6.07) is 8.50. The molecule has 17 heteroatoms. The van der Waals surface area contributed by atoms with Gasteiger partial charge in [0.25, 0.3) is 5.91 Å². The molecule has 0 aliphatic carbocycles. The maximum Gasteiger partial charge on any atom is 0.276 e. The summed E-state index contributed by atoms with van der Waals surface area (Å²) in [5.74, 6) is -0.354. The van der Waals surface area contributed by atoms with Crippen LogP contribution in [0, 0.1) is 6.92 Å². The van der Waals surface area contributed by atoms with Crippen molar-refractivity contribution in [2.24, 2.45) is 11.5 Å². The van der Waals surface area contributed by atoms with E-state index < -0.39 is 11.8 Å². The van der Waals surface area contributed by atoms with Gasteiger partial charge in [0.05, 0.1) is 47.8 Å². The lowest BCUT2D eigenvalue weighted by molar-refractivity contribution is 0.0358. The minimum atomic E-state index is -0.608. The van der Waals surface area contributed by atoms with Gasteiger partial charge in [-0.05, 0) is 69.9 Å². The summed E-state index contributed by atoms with van der Waals surface area (Å²) in [5.41, 5.74) is 23.2. The highest BCUT2D eigenvalue weighted by atomic mass is 16.5. The molecule has 0 radical (unpaired) electrons. The van der Waals surface area contributed by atoms with Crippen molar-refractivity contribution < 1.29 is 23.9 Å². The molecule has 1 fully saturated rings. The van der Waals surface area contributed by atoms with Crippen LogP contribution in [0.2, 0.25) is 0 Å². The van der Waals surface area contributed by atoms with Gasteiger partial charge in [0.15, 0.2) is 0 Å². The molecule has 3 amide bonds. The molecular formula is C37H48N12O5. The molecule has 3 aromatic heterocycles. The number of nitrogens with zero attached hydrogens (tertiary/aromatic N) is 8. The molecule has 7 N–H and O–H groups in total. The lowest BCUT2D eigenvalue weighted by Crippen LogP contribution is -2.37. The van der Waals surface area contributed by atoms with Gasteiger partial charge in [-0.3, -0.25) is 29.3 Å². The third-order valence-electron chi connectivity index (χ3n) is 10.3. The van der Waals surface area contributed by atoms with Gasteiger partial charge >= 0.3 is 0 Å². The van der Waals surface area contributed by atoms with Gasteiger partial charge in [0.1, 0.15) is 17.0 Å². The van der Waals surface area contributed by atoms with Gasteiger partial charge in [-0.15, -0.1) is 0 Å². The number of morpholine rings is 1. The van der Waals surface area contributed by atoms with Crippen molar-refractivity contribution in [1.29, 1.82) is 0 Å². The predicted octanol–water partition coefficient (Wildman–Crippen LogP) is 2.91. The van der Waals surface area contributed by atoms with Crippen molar-refractivity contribution in [1.82, 2.24) is 33.8 Å². The Morgan fingerprint density at radius 1 is 0.944 bits per heavy atom. The van der Waals surface area contributed by atoms with Crippen molar-refractivity contribution in [2.45, 2.75) is 58.7 Å². The standard InChI is InChI=1S/C37H48N12O5/c1-4-48-29(17-22(2)44-48)35(52)43-37-42-27-19-24(34(39)51)21-30(54-14-6-9-46-12-15-53-16-13-46)32(27)47(37)10-5-7-25-8-11-45(3)28-20-23(33(38)50)18-26-31(28)49(25)36(40)41-26/h17-21,25H,4-16H2,1-3H3,(H2,38,50)(H2,39,51)(H2,40,41)(H,42,43,52)/t25-/m0/s1. The zero-order chi connectivity index (χ0) is 38.1. The first-order valence-electron chi connectivity index (χ1n) is 18.5. The number of benzene rings is 2. The van der Waals surface area contributed by atoms with Crippen LogP contribution >= 0.6 is 0 Å². The number of aryl methyl sites for hydroxylation is 3. The minimum absolute atomic E-state index is 0.00907. The quantitative estimate of drug-likeness (QED) is 0.121.